The number of β-amino-alcohol motifs (C(OH)–C–C–N with tert-alkyl or cyclic N) is 1. The minimum Gasteiger partial charge on any atom is -0.389 e. The summed E-state index contributed by atoms with van der Waals surface area (Å²) in [4.78, 5) is 16.6. The van der Waals surface area contributed by atoms with E-state index in [1.807, 2.05) is 18.7 Å². The van der Waals surface area contributed by atoms with Crippen LogP contribution in [0.25, 0.3) is 0 Å². The first kappa shape index (κ1) is 16.7. The molecule has 0 spiro atoms. The maximum absolute atomic E-state index is 12.4. The molecule has 1 aliphatic carbocycles. The van der Waals surface area contributed by atoms with E-state index < -0.39 is 5.60 Å². The lowest BCUT2D eigenvalue weighted by Crippen LogP contribution is -2.52. The molecule has 1 aliphatic heterocycles. The third-order valence-corrected chi connectivity index (χ3v) is 4.69. The van der Waals surface area contributed by atoms with E-state index in [1.54, 1.807) is 0 Å². The largest absolute Gasteiger partial charge is 0.389 e. The highest BCUT2D eigenvalue weighted by atomic mass is 16.3. The Hall–Kier alpha value is -0.650. The number of carbonyl (C=O) groups excluding carboxylic acids is 1. The fourth-order valence-corrected chi connectivity index (χ4v) is 3.47. The SMILES string of the molecule is CC(C)(O)CN1CCN(C(=O)CC2CCC(N)CC2)CC1. The third kappa shape index (κ3) is 5.57. The van der Waals surface area contributed by atoms with Gasteiger partial charge in [0.15, 0.2) is 0 Å². The smallest absolute Gasteiger partial charge is 0.222 e. The van der Waals surface area contributed by atoms with Crippen LogP contribution in [0.3, 0.4) is 0 Å². The Bertz CT molecular complexity index is 338. The molecule has 0 aromatic heterocycles. The lowest BCUT2D eigenvalue weighted by atomic mass is 9.84. The standard InChI is InChI=1S/C16H31N3O2/c1-16(2,21)12-18-7-9-19(10-8-18)15(20)11-13-3-5-14(17)6-4-13/h13-14,21H,3-12,17H2,1-2H3. The maximum atomic E-state index is 12.4. The van der Waals surface area contributed by atoms with Gasteiger partial charge in [-0.25, -0.2) is 0 Å². The minimum absolute atomic E-state index is 0.304. The molecule has 0 radical (unpaired) electrons. The molecule has 3 N–H and O–H groups in total. The Morgan fingerprint density at radius 2 is 1.71 bits per heavy atom. The van der Waals surface area contributed by atoms with Gasteiger partial charge in [0, 0.05) is 45.2 Å². The van der Waals surface area contributed by atoms with Gasteiger partial charge in [-0.1, -0.05) is 0 Å². The van der Waals surface area contributed by atoms with Crippen LogP contribution in [0.15, 0.2) is 0 Å². The summed E-state index contributed by atoms with van der Waals surface area (Å²) in [5.74, 6) is 0.838. The van der Waals surface area contributed by atoms with Gasteiger partial charge in [-0.3, -0.25) is 9.69 Å². The van der Waals surface area contributed by atoms with Crippen molar-refractivity contribution in [2.75, 3.05) is 32.7 Å². The van der Waals surface area contributed by atoms with Gasteiger partial charge in [-0.15, -0.1) is 0 Å². The van der Waals surface area contributed by atoms with E-state index in [-0.39, 0.29) is 0 Å². The number of carbonyl (C=O) groups is 1. The van der Waals surface area contributed by atoms with Gasteiger partial charge in [0.05, 0.1) is 5.60 Å². The second kappa shape index (κ2) is 7.07. The molecule has 2 fully saturated rings. The van der Waals surface area contributed by atoms with Crippen LogP contribution >= 0.6 is 0 Å². The summed E-state index contributed by atoms with van der Waals surface area (Å²) in [6, 6.07) is 0.349. The van der Waals surface area contributed by atoms with E-state index in [2.05, 4.69) is 4.90 Å². The summed E-state index contributed by atoms with van der Waals surface area (Å²) in [6.45, 7) is 7.66. The van der Waals surface area contributed by atoms with Crippen LogP contribution in [0, 0.1) is 5.92 Å². The molecule has 5 heteroatoms. The second-order valence-electron chi connectivity index (χ2n) is 7.45. The molecule has 1 saturated carbocycles. The van der Waals surface area contributed by atoms with E-state index >= 15 is 0 Å². The maximum Gasteiger partial charge on any atom is 0.222 e. The van der Waals surface area contributed by atoms with Gasteiger partial charge in [-0.05, 0) is 45.4 Å². The van der Waals surface area contributed by atoms with Gasteiger partial charge in [0.1, 0.15) is 0 Å². The van der Waals surface area contributed by atoms with Crippen LogP contribution in [-0.4, -0.2) is 65.2 Å². The lowest BCUT2D eigenvalue weighted by Gasteiger charge is -2.38. The molecule has 0 bridgehead atoms. The number of piperazine rings is 1. The van der Waals surface area contributed by atoms with Crippen molar-refractivity contribution >= 4 is 5.91 Å². The fraction of sp³-hybridized carbons (Fsp3) is 0.938. The average Bonchev–Trinajstić information content (AvgIpc) is 2.40. The van der Waals surface area contributed by atoms with Crippen molar-refractivity contribution in [1.29, 1.82) is 0 Å². The zero-order valence-electron chi connectivity index (χ0n) is 13.6. The summed E-state index contributed by atoms with van der Waals surface area (Å²) in [5.41, 5.74) is 5.26. The van der Waals surface area contributed by atoms with Gasteiger partial charge >= 0.3 is 0 Å². The molecule has 5 nitrogen and oxygen atoms in total. The Kier molecular flexibility index (Phi) is 5.63. The highest BCUT2D eigenvalue weighted by Crippen LogP contribution is 2.26. The fourth-order valence-electron chi connectivity index (χ4n) is 3.47. The van der Waals surface area contributed by atoms with Crippen molar-refractivity contribution < 1.29 is 9.90 Å². The molecule has 0 atom stereocenters. The van der Waals surface area contributed by atoms with E-state index in [0.29, 0.717) is 30.8 Å². The number of rotatable bonds is 4. The zero-order chi connectivity index (χ0) is 15.5. The normalized spacial score (nSPS) is 28.7. The molecule has 122 valence electrons. The van der Waals surface area contributed by atoms with Gasteiger partial charge in [0.2, 0.25) is 5.91 Å². The monoisotopic (exact) mass is 297 g/mol. The first-order chi connectivity index (χ1) is 9.83. The molecule has 0 aromatic carbocycles. The van der Waals surface area contributed by atoms with Gasteiger partial charge < -0.3 is 15.7 Å². The molecular weight excluding hydrogens is 266 g/mol. The number of nitrogens with two attached hydrogens (primary N) is 1. The Balaban J connectivity index is 1.70. The van der Waals surface area contributed by atoms with E-state index in [9.17, 15) is 9.90 Å². The Morgan fingerprint density at radius 1 is 1.14 bits per heavy atom. The van der Waals surface area contributed by atoms with Crippen molar-refractivity contribution in [3.63, 3.8) is 0 Å². The average molecular weight is 297 g/mol. The molecule has 1 saturated heterocycles. The first-order valence-corrected chi connectivity index (χ1v) is 8.31. The quantitative estimate of drug-likeness (QED) is 0.805. The summed E-state index contributed by atoms with van der Waals surface area (Å²) in [5, 5.41) is 9.85. The van der Waals surface area contributed by atoms with E-state index in [1.165, 1.54) is 0 Å². The number of hydrogen-bond acceptors (Lipinski definition) is 4. The molecule has 2 rings (SSSR count). The predicted octanol–water partition coefficient (Wildman–Crippen LogP) is 0.809. The van der Waals surface area contributed by atoms with Crippen molar-refractivity contribution in [3.05, 3.63) is 0 Å². The topological polar surface area (TPSA) is 69.8 Å². The van der Waals surface area contributed by atoms with Crippen LogP contribution in [0.5, 0.6) is 0 Å². The highest BCUT2D eigenvalue weighted by molar-refractivity contribution is 5.76. The van der Waals surface area contributed by atoms with Crippen molar-refractivity contribution in [2.24, 2.45) is 11.7 Å². The lowest BCUT2D eigenvalue weighted by molar-refractivity contribution is -0.134. The van der Waals surface area contributed by atoms with Gasteiger partial charge in [0.25, 0.3) is 0 Å². The Labute approximate surface area is 128 Å². The van der Waals surface area contributed by atoms with Crippen LogP contribution in [-0.2, 0) is 4.79 Å². The van der Waals surface area contributed by atoms with Gasteiger partial charge in [-0.2, -0.15) is 0 Å². The zero-order valence-corrected chi connectivity index (χ0v) is 13.6. The van der Waals surface area contributed by atoms with Crippen molar-refractivity contribution in [2.45, 2.75) is 57.6 Å². The Morgan fingerprint density at radius 3 is 2.24 bits per heavy atom. The van der Waals surface area contributed by atoms with Crippen LogP contribution in [0.2, 0.25) is 0 Å². The van der Waals surface area contributed by atoms with E-state index in [0.717, 1.165) is 51.9 Å². The summed E-state index contributed by atoms with van der Waals surface area (Å²) >= 11 is 0. The molecule has 0 aromatic rings. The molecule has 1 amide bonds. The van der Waals surface area contributed by atoms with E-state index in [4.69, 9.17) is 5.73 Å². The predicted molar refractivity (Wildman–Crippen MR) is 83.9 cm³/mol. The summed E-state index contributed by atoms with van der Waals surface area (Å²) in [7, 11) is 0. The van der Waals surface area contributed by atoms with Crippen molar-refractivity contribution in [1.82, 2.24) is 9.80 Å². The van der Waals surface area contributed by atoms with Crippen molar-refractivity contribution in [3.8, 4) is 0 Å². The third-order valence-electron chi connectivity index (χ3n) is 4.69. The number of nitrogens with zero attached hydrogens (tertiary/aromatic N) is 2. The number of aliphatic hydroxyl groups is 1. The number of amides is 1. The summed E-state index contributed by atoms with van der Waals surface area (Å²) in [6.07, 6.45) is 5.03. The highest BCUT2D eigenvalue weighted by Gasteiger charge is 2.27. The number of hydrogen-bond donors (Lipinski definition) is 2. The second-order valence-corrected chi connectivity index (χ2v) is 7.45. The van der Waals surface area contributed by atoms with Crippen LogP contribution < -0.4 is 5.73 Å². The minimum atomic E-state index is -0.660. The molecule has 1 heterocycles. The molecule has 2 aliphatic rings. The summed E-state index contributed by atoms with van der Waals surface area (Å²) < 4.78 is 0. The van der Waals surface area contributed by atoms with Crippen LogP contribution in [0.1, 0.15) is 46.0 Å². The van der Waals surface area contributed by atoms with Crippen LogP contribution in [0.4, 0.5) is 0 Å². The molecular formula is C16H31N3O2. The molecule has 21 heavy (non-hydrogen) atoms. The first-order valence-electron chi connectivity index (χ1n) is 8.31. The molecule has 0 unspecified atom stereocenters.